The molecule has 9 heteroatoms. The number of benzene rings is 3. The molecule has 0 saturated carbocycles. The molecular formula is C28H29ClF2N2O3S. The van der Waals surface area contributed by atoms with Gasteiger partial charge in [-0.3, -0.25) is 0 Å². The maximum Gasteiger partial charge on any atom is 0.345 e. The number of fused-ring (bicyclic) bond motifs is 1. The van der Waals surface area contributed by atoms with Crippen LogP contribution in [-0.2, 0) is 10.1 Å². The summed E-state index contributed by atoms with van der Waals surface area (Å²) >= 11 is 0. The van der Waals surface area contributed by atoms with Crippen molar-refractivity contribution in [1.29, 1.82) is 0 Å². The fraction of sp³-hybridized carbons (Fsp3) is 0.286. The number of aromatic nitrogens is 1. The Labute approximate surface area is 222 Å². The van der Waals surface area contributed by atoms with E-state index >= 15 is 0 Å². The van der Waals surface area contributed by atoms with Gasteiger partial charge in [0, 0.05) is 17.1 Å². The second-order valence-electron chi connectivity index (χ2n) is 9.42. The van der Waals surface area contributed by atoms with E-state index in [0.29, 0.717) is 5.92 Å². The molecule has 0 radical (unpaired) electrons. The number of hydrogen-bond acceptors (Lipinski definition) is 4. The minimum atomic E-state index is -4.70. The third kappa shape index (κ3) is 5.37. The molecule has 0 aliphatic carbocycles. The van der Waals surface area contributed by atoms with E-state index < -0.39 is 26.6 Å². The minimum absolute atomic E-state index is 0. The molecule has 196 valence electrons. The van der Waals surface area contributed by atoms with Gasteiger partial charge >= 0.3 is 10.1 Å². The van der Waals surface area contributed by atoms with Crippen molar-refractivity contribution in [2.24, 2.45) is 0 Å². The molecule has 1 aromatic heterocycles. The SMILES string of the molecule is CC(c1ccccc1)n1cc(C2CCN(C)CC2)c2cc(OS(=O)(=O)c3c(F)cccc3F)ccc21.Cl. The topological polar surface area (TPSA) is 51.5 Å². The van der Waals surface area contributed by atoms with Crippen LogP contribution < -0.4 is 4.18 Å². The average molecular weight is 547 g/mol. The highest BCUT2D eigenvalue weighted by molar-refractivity contribution is 7.87. The highest BCUT2D eigenvalue weighted by Gasteiger charge is 2.28. The molecule has 5 rings (SSSR count). The van der Waals surface area contributed by atoms with Crippen LogP contribution in [0.3, 0.4) is 0 Å². The van der Waals surface area contributed by atoms with Gasteiger partial charge in [0.2, 0.25) is 0 Å². The number of halogens is 3. The van der Waals surface area contributed by atoms with Gasteiger partial charge in [-0.1, -0.05) is 36.4 Å². The molecule has 0 spiro atoms. The fourth-order valence-electron chi connectivity index (χ4n) is 5.06. The van der Waals surface area contributed by atoms with Crippen LogP contribution in [-0.4, -0.2) is 38.0 Å². The second kappa shape index (κ2) is 10.8. The van der Waals surface area contributed by atoms with Crippen molar-refractivity contribution in [3.05, 3.63) is 95.7 Å². The van der Waals surface area contributed by atoms with Gasteiger partial charge in [0.25, 0.3) is 0 Å². The number of likely N-dealkylation sites (tertiary alicyclic amines) is 1. The van der Waals surface area contributed by atoms with E-state index in [1.807, 2.05) is 24.3 Å². The molecule has 1 atom stereocenters. The largest absolute Gasteiger partial charge is 0.379 e. The Morgan fingerprint density at radius 2 is 1.59 bits per heavy atom. The molecule has 1 aliphatic rings. The van der Waals surface area contributed by atoms with Crippen molar-refractivity contribution in [1.82, 2.24) is 9.47 Å². The molecule has 0 bridgehead atoms. The third-order valence-electron chi connectivity index (χ3n) is 7.07. The van der Waals surface area contributed by atoms with Gasteiger partial charge < -0.3 is 13.7 Å². The quantitative estimate of drug-likeness (QED) is 0.258. The van der Waals surface area contributed by atoms with Crippen molar-refractivity contribution in [3.8, 4) is 5.75 Å². The molecular weight excluding hydrogens is 518 g/mol. The average Bonchev–Trinajstić information content (AvgIpc) is 3.23. The van der Waals surface area contributed by atoms with Crippen LogP contribution >= 0.6 is 12.4 Å². The van der Waals surface area contributed by atoms with Gasteiger partial charge in [0.1, 0.15) is 17.4 Å². The first kappa shape index (κ1) is 27.1. The van der Waals surface area contributed by atoms with E-state index in [4.69, 9.17) is 4.18 Å². The van der Waals surface area contributed by atoms with Gasteiger partial charge in [0.15, 0.2) is 4.90 Å². The zero-order chi connectivity index (χ0) is 25.4. The Kier molecular flexibility index (Phi) is 7.92. The summed E-state index contributed by atoms with van der Waals surface area (Å²) in [6, 6.07) is 18.1. The summed E-state index contributed by atoms with van der Waals surface area (Å²) in [6.45, 7) is 4.08. The molecule has 1 saturated heterocycles. The Balaban J connectivity index is 0.00000320. The lowest BCUT2D eigenvalue weighted by molar-refractivity contribution is 0.256. The van der Waals surface area contributed by atoms with Crippen molar-refractivity contribution < 1.29 is 21.4 Å². The summed E-state index contributed by atoms with van der Waals surface area (Å²) in [5, 5.41) is 0.883. The molecule has 37 heavy (non-hydrogen) atoms. The normalized spacial score (nSPS) is 15.9. The van der Waals surface area contributed by atoms with Crippen molar-refractivity contribution in [2.75, 3.05) is 20.1 Å². The molecule has 1 unspecified atom stereocenters. The molecule has 1 fully saturated rings. The number of hydrogen-bond donors (Lipinski definition) is 0. The summed E-state index contributed by atoms with van der Waals surface area (Å²) in [7, 11) is -2.60. The Morgan fingerprint density at radius 3 is 2.24 bits per heavy atom. The zero-order valence-electron chi connectivity index (χ0n) is 20.6. The fourth-order valence-corrected chi connectivity index (χ4v) is 6.11. The van der Waals surface area contributed by atoms with E-state index in [1.54, 1.807) is 6.07 Å². The number of rotatable bonds is 6. The van der Waals surface area contributed by atoms with E-state index in [9.17, 15) is 17.2 Å². The molecule has 5 nitrogen and oxygen atoms in total. The minimum Gasteiger partial charge on any atom is -0.379 e. The first-order chi connectivity index (χ1) is 17.2. The number of piperidine rings is 1. The van der Waals surface area contributed by atoms with Crippen LogP contribution in [0, 0.1) is 11.6 Å². The second-order valence-corrected chi connectivity index (χ2v) is 10.9. The van der Waals surface area contributed by atoms with Gasteiger partial charge in [-0.2, -0.15) is 8.42 Å². The third-order valence-corrected chi connectivity index (χ3v) is 8.37. The van der Waals surface area contributed by atoms with Crippen molar-refractivity contribution in [2.45, 2.75) is 36.6 Å². The van der Waals surface area contributed by atoms with Crippen molar-refractivity contribution in [3.63, 3.8) is 0 Å². The summed E-state index contributed by atoms with van der Waals surface area (Å²) in [6.07, 6.45) is 4.13. The first-order valence-electron chi connectivity index (χ1n) is 12.0. The Morgan fingerprint density at radius 1 is 0.946 bits per heavy atom. The van der Waals surface area contributed by atoms with E-state index in [1.165, 1.54) is 6.07 Å². The summed E-state index contributed by atoms with van der Waals surface area (Å²) in [5.41, 5.74) is 3.23. The molecule has 0 amide bonds. The lowest BCUT2D eigenvalue weighted by Crippen LogP contribution is -2.29. The Hall–Kier alpha value is -2.94. The molecule has 4 aromatic rings. The predicted molar refractivity (Wildman–Crippen MR) is 143 cm³/mol. The summed E-state index contributed by atoms with van der Waals surface area (Å²) < 4.78 is 61.4. The van der Waals surface area contributed by atoms with Crippen molar-refractivity contribution >= 4 is 33.4 Å². The van der Waals surface area contributed by atoms with Crippen LogP contribution in [0.1, 0.15) is 42.9 Å². The smallest absolute Gasteiger partial charge is 0.345 e. The van der Waals surface area contributed by atoms with Crippen LogP contribution in [0.2, 0.25) is 0 Å². The molecule has 1 aliphatic heterocycles. The highest BCUT2D eigenvalue weighted by atomic mass is 35.5. The van der Waals surface area contributed by atoms with Crippen LogP contribution in [0.15, 0.2) is 77.8 Å². The molecule has 2 heterocycles. The standard InChI is InChI=1S/C28H28F2N2O3S.ClH/c1-19(20-7-4-3-5-8-20)32-18-24(21-13-15-31(2)16-14-21)23-17-22(11-12-27(23)32)35-36(33,34)28-25(29)9-6-10-26(28)30;/h3-12,17-19,21H,13-16H2,1-2H3;1H. The van der Waals surface area contributed by atoms with Gasteiger partial charge in [-0.15, -0.1) is 12.4 Å². The van der Waals surface area contributed by atoms with E-state index in [0.717, 1.165) is 66.2 Å². The molecule has 0 N–H and O–H groups in total. The zero-order valence-corrected chi connectivity index (χ0v) is 22.2. The first-order valence-corrected chi connectivity index (χ1v) is 13.4. The maximum absolute atomic E-state index is 14.2. The van der Waals surface area contributed by atoms with Crippen LogP contribution in [0.5, 0.6) is 5.75 Å². The summed E-state index contributed by atoms with van der Waals surface area (Å²) in [5.74, 6) is -2.05. The lowest BCUT2D eigenvalue weighted by atomic mass is 9.89. The van der Waals surface area contributed by atoms with E-state index in [-0.39, 0.29) is 24.2 Å². The monoisotopic (exact) mass is 546 g/mol. The predicted octanol–water partition coefficient (Wildman–Crippen LogP) is 6.53. The number of nitrogens with zero attached hydrogens (tertiary/aromatic N) is 2. The van der Waals surface area contributed by atoms with Gasteiger partial charge in [0.05, 0.1) is 6.04 Å². The lowest BCUT2D eigenvalue weighted by Gasteiger charge is -2.28. The van der Waals surface area contributed by atoms with E-state index in [2.05, 4.69) is 41.8 Å². The van der Waals surface area contributed by atoms with Crippen LogP contribution in [0.25, 0.3) is 10.9 Å². The molecule has 3 aromatic carbocycles. The Bertz CT molecular complexity index is 1480. The van der Waals surface area contributed by atoms with Gasteiger partial charge in [-0.25, -0.2) is 8.78 Å². The van der Waals surface area contributed by atoms with Gasteiger partial charge in [-0.05, 0) is 87.3 Å². The maximum atomic E-state index is 14.2. The highest BCUT2D eigenvalue weighted by Crippen LogP contribution is 2.38. The summed E-state index contributed by atoms with van der Waals surface area (Å²) in [4.78, 5) is 1.21. The van der Waals surface area contributed by atoms with Crippen LogP contribution in [0.4, 0.5) is 8.78 Å².